The van der Waals surface area contributed by atoms with Gasteiger partial charge in [0.25, 0.3) is 0 Å². The molecule has 132 valence electrons. The molecule has 1 N–H and O–H groups in total. The molecule has 1 aromatic carbocycles. The Morgan fingerprint density at radius 1 is 1.20 bits per heavy atom. The highest BCUT2D eigenvalue weighted by Gasteiger charge is 2.42. The summed E-state index contributed by atoms with van der Waals surface area (Å²) in [5.41, 5.74) is 2.10. The van der Waals surface area contributed by atoms with Crippen molar-refractivity contribution < 1.29 is 17.9 Å². The van der Waals surface area contributed by atoms with Gasteiger partial charge in [-0.05, 0) is 30.0 Å². The maximum Gasteiger partial charge on any atom is 0.451 e. The van der Waals surface area contributed by atoms with Crippen molar-refractivity contribution in [1.29, 1.82) is 0 Å². The molecule has 25 heavy (non-hydrogen) atoms. The highest BCUT2D eigenvalue weighted by molar-refractivity contribution is 5.31. The van der Waals surface area contributed by atoms with E-state index in [1.807, 2.05) is 24.3 Å². The van der Waals surface area contributed by atoms with Gasteiger partial charge < -0.3 is 10.1 Å². The molecule has 3 saturated heterocycles. The number of morpholine rings is 1. The van der Waals surface area contributed by atoms with E-state index in [9.17, 15) is 13.2 Å². The minimum absolute atomic E-state index is 0.272. The number of rotatable bonds is 3. The zero-order valence-electron chi connectivity index (χ0n) is 13.5. The number of benzene rings is 1. The van der Waals surface area contributed by atoms with Crippen LogP contribution in [0.15, 0.2) is 36.5 Å². The smallest absolute Gasteiger partial charge is 0.367 e. The van der Waals surface area contributed by atoms with E-state index in [1.165, 1.54) is 6.07 Å². The average molecular weight is 349 g/mol. The van der Waals surface area contributed by atoms with Crippen LogP contribution in [0.3, 0.4) is 0 Å². The molecule has 3 aliphatic heterocycles. The monoisotopic (exact) mass is 349 g/mol. The summed E-state index contributed by atoms with van der Waals surface area (Å²) in [5.74, 6) is -1.10. The normalized spacial score (nSPS) is 26.0. The summed E-state index contributed by atoms with van der Waals surface area (Å²) in [4.78, 5) is 6.91. The van der Waals surface area contributed by atoms with Crippen LogP contribution in [0.2, 0.25) is 0 Å². The van der Waals surface area contributed by atoms with Crippen molar-refractivity contribution in [2.45, 2.75) is 37.1 Å². The molecule has 2 aromatic rings. The molecule has 0 aliphatic carbocycles. The van der Waals surface area contributed by atoms with Gasteiger partial charge in [0, 0.05) is 30.9 Å². The van der Waals surface area contributed by atoms with E-state index in [-0.39, 0.29) is 5.60 Å². The lowest BCUT2D eigenvalue weighted by atomic mass is 9.81. The van der Waals surface area contributed by atoms with Crippen LogP contribution >= 0.6 is 0 Å². The second-order valence-corrected chi connectivity index (χ2v) is 6.66. The number of halogens is 3. The third-order valence-electron chi connectivity index (χ3n) is 4.97. The van der Waals surface area contributed by atoms with Crippen molar-refractivity contribution in [2.24, 2.45) is 0 Å². The molecule has 5 rings (SSSR count). The minimum atomic E-state index is -4.52. The fraction of sp³-hybridized carbons (Fsp3) is 0.444. The summed E-state index contributed by atoms with van der Waals surface area (Å²) < 4.78 is 44.2. The molecule has 0 spiro atoms. The Bertz CT molecular complexity index is 739. The van der Waals surface area contributed by atoms with Gasteiger partial charge in [0.05, 0.1) is 6.61 Å². The zero-order chi connectivity index (χ0) is 17.5. The lowest BCUT2D eigenvalue weighted by Crippen LogP contribution is -2.57. The number of hydrogen-bond donors (Lipinski definition) is 1. The van der Waals surface area contributed by atoms with Crippen molar-refractivity contribution in [3.63, 3.8) is 0 Å². The van der Waals surface area contributed by atoms with Gasteiger partial charge in [-0.25, -0.2) is 9.97 Å². The van der Waals surface area contributed by atoms with Crippen LogP contribution in [0.1, 0.15) is 35.5 Å². The van der Waals surface area contributed by atoms with E-state index >= 15 is 0 Å². The van der Waals surface area contributed by atoms with Crippen LogP contribution in [0.4, 0.5) is 13.2 Å². The fourth-order valence-corrected chi connectivity index (χ4v) is 3.53. The number of fused-ring (bicyclic) bond motifs is 3. The molecule has 4 heterocycles. The van der Waals surface area contributed by atoms with Gasteiger partial charge in [-0.1, -0.05) is 24.3 Å². The van der Waals surface area contributed by atoms with Crippen LogP contribution in [0, 0.1) is 0 Å². The van der Waals surface area contributed by atoms with Gasteiger partial charge in [-0.2, -0.15) is 13.2 Å². The Balaban J connectivity index is 1.51. The Hall–Kier alpha value is -1.99. The Morgan fingerprint density at radius 2 is 2.00 bits per heavy atom. The average Bonchev–Trinajstić information content (AvgIpc) is 2.63. The number of piperidine rings is 1. The number of alkyl halides is 3. The first-order valence-corrected chi connectivity index (χ1v) is 8.31. The van der Waals surface area contributed by atoms with Crippen LogP contribution in [-0.2, 0) is 22.9 Å². The third-order valence-corrected chi connectivity index (χ3v) is 4.97. The lowest BCUT2D eigenvalue weighted by Gasteiger charge is -2.47. The summed E-state index contributed by atoms with van der Waals surface area (Å²) in [6.45, 7) is 1.53. The number of nitrogens with zero attached hydrogens (tertiary/aromatic N) is 2. The second-order valence-electron chi connectivity index (χ2n) is 6.66. The van der Waals surface area contributed by atoms with Gasteiger partial charge in [0.1, 0.15) is 5.60 Å². The lowest BCUT2D eigenvalue weighted by molar-refractivity contribution is -0.145. The molecule has 0 radical (unpaired) electrons. The summed E-state index contributed by atoms with van der Waals surface area (Å²) in [7, 11) is 0. The van der Waals surface area contributed by atoms with Gasteiger partial charge in [0.2, 0.25) is 5.82 Å². The first kappa shape index (κ1) is 16.5. The van der Waals surface area contributed by atoms with E-state index in [1.54, 1.807) is 0 Å². The minimum Gasteiger partial charge on any atom is -0.367 e. The first-order valence-electron chi connectivity index (χ1n) is 8.31. The van der Waals surface area contributed by atoms with Crippen LogP contribution in [-0.4, -0.2) is 29.2 Å². The van der Waals surface area contributed by atoms with E-state index < -0.39 is 12.0 Å². The summed E-state index contributed by atoms with van der Waals surface area (Å²) in [6.07, 6.45) is -0.949. The second kappa shape index (κ2) is 6.07. The van der Waals surface area contributed by atoms with Crippen molar-refractivity contribution in [3.8, 4) is 0 Å². The topological polar surface area (TPSA) is 47.0 Å². The molecule has 2 unspecified atom stereocenters. The van der Waals surface area contributed by atoms with Gasteiger partial charge in [-0.3, -0.25) is 0 Å². The Labute approximate surface area is 143 Å². The molecule has 3 aliphatic rings. The first-order chi connectivity index (χ1) is 11.9. The zero-order valence-corrected chi connectivity index (χ0v) is 13.5. The van der Waals surface area contributed by atoms with Gasteiger partial charge >= 0.3 is 6.18 Å². The van der Waals surface area contributed by atoms with Gasteiger partial charge in [-0.15, -0.1) is 0 Å². The van der Waals surface area contributed by atoms with Crippen molar-refractivity contribution in [3.05, 3.63) is 59.2 Å². The van der Waals surface area contributed by atoms with E-state index in [2.05, 4.69) is 15.3 Å². The number of hydrogen-bond acceptors (Lipinski definition) is 4. The number of aromatic nitrogens is 2. The predicted octanol–water partition coefficient (Wildman–Crippen LogP) is 3.06. The molecule has 4 nitrogen and oxygen atoms in total. The van der Waals surface area contributed by atoms with E-state index in [0.29, 0.717) is 18.2 Å². The van der Waals surface area contributed by atoms with Crippen LogP contribution in [0.25, 0.3) is 0 Å². The van der Waals surface area contributed by atoms with Crippen LogP contribution in [0.5, 0.6) is 0 Å². The molecule has 0 saturated carbocycles. The molecule has 3 fully saturated rings. The maximum absolute atomic E-state index is 12.7. The fourth-order valence-electron chi connectivity index (χ4n) is 3.53. The van der Waals surface area contributed by atoms with Crippen LogP contribution < -0.4 is 5.32 Å². The highest BCUT2D eigenvalue weighted by atomic mass is 19.4. The van der Waals surface area contributed by atoms with Gasteiger partial charge in [0.15, 0.2) is 0 Å². The maximum atomic E-state index is 12.7. The molecular formula is C18H18F3N3O. The molecule has 2 atom stereocenters. The van der Waals surface area contributed by atoms with E-state index in [0.717, 1.165) is 43.3 Å². The highest BCUT2D eigenvalue weighted by Crippen LogP contribution is 2.38. The molecule has 2 bridgehead atoms. The molecular weight excluding hydrogens is 331 g/mol. The largest absolute Gasteiger partial charge is 0.451 e. The SMILES string of the molecule is FC(F)(F)c1nccc(Cc2ccc(C34CCC(CO3)NC4)cc2)n1. The molecule has 1 aromatic heterocycles. The molecule has 7 heteroatoms. The Morgan fingerprint density at radius 3 is 2.60 bits per heavy atom. The summed E-state index contributed by atoms with van der Waals surface area (Å²) in [5, 5.41) is 3.48. The third kappa shape index (κ3) is 3.26. The predicted molar refractivity (Wildman–Crippen MR) is 84.9 cm³/mol. The van der Waals surface area contributed by atoms with Crippen molar-refractivity contribution in [2.75, 3.05) is 13.2 Å². The van der Waals surface area contributed by atoms with E-state index in [4.69, 9.17) is 4.74 Å². The summed E-state index contributed by atoms with van der Waals surface area (Å²) in [6, 6.07) is 9.86. The standard InChI is InChI=1S/C18H18F3N3O/c19-18(20,21)16-22-8-6-14(24-16)9-12-1-3-13(4-2-12)17-7-5-15(10-25-17)23-11-17/h1-4,6,8,15,23H,5,7,9-11H2. The number of nitrogens with one attached hydrogen (secondary N) is 1. The van der Waals surface area contributed by atoms with Crippen molar-refractivity contribution >= 4 is 0 Å². The summed E-state index contributed by atoms with van der Waals surface area (Å²) >= 11 is 0. The Kier molecular flexibility index (Phi) is 4.00. The number of ether oxygens (including phenoxy) is 1. The van der Waals surface area contributed by atoms with Crippen molar-refractivity contribution in [1.82, 2.24) is 15.3 Å². The quantitative estimate of drug-likeness (QED) is 0.925. The molecule has 0 amide bonds.